The Hall–Kier alpha value is -1.78. The summed E-state index contributed by atoms with van der Waals surface area (Å²) in [7, 11) is 0. The monoisotopic (exact) mass is 413 g/mol. The fourth-order valence-electron chi connectivity index (χ4n) is 3.89. The number of rotatable bonds is 7. The molecule has 164 valence electrons. The second-order valence-corrected chi connectivity index (χ2v) is 8.36. The van der Waals surface area contributed by atoms with Crippen LogP contribution in [0.15, 0.2) is 23.3 Å². The van der Waals surface area contributed by atoms with E-state index < -0.39 is 46.0 Å². The van der Waals surface area contributed by atoms with Crippen molar-refractivity contribution in [1.29, 1.82) is 0 Å². The number of ether oxygens (including phenoxy) is 2. The highest BCUT2D eigenvalue weighted by Crippen LogP contribution is 2.38. The van der Waals surface area contributed by atoms with Crippen LogP contribution in [0.2, 0.25) is 0 Å². The molecule has 1 saturated heterocycles. The maximum atomic E-state index is 13.0. The fourth-order valence-corrected chi connectivity index (χ4v) is 3.89. The first kappa shape index (κ1) is 23.5. The van der Waals surface area contributed by atoms with Crippen LogP contribution < -0.4 is 0 Å². The van der Waals surface area contributed by atoms with Crippen LogP contribution in [0, 0.1) is 5.21 Å². The predicted molar refractivity (Wildman–Crippen MR) is 103 cm³/mol. The van der Waals surface area contributed by atoms with E-state index in [0.717, 1.165) is 0 Å². The van der Waals surface area contributed by atoms with Crippen molar-refractivity contribution in [3.8, 4) is 0 Å². The first-order valence-electron chi connectivity index (χ1n) is 9.68. The minimum absolute atomic E-state index is 0.167. The zero-order valence-electron chi connectivity index (χ0n) is 17.5. The van der Waals surface area contributed by atoms with Crippen LogP contribution in [-0.2, 0) is 19.1 Å². The van der Waals surface area contributed by atoms with Crippen molar-refractivity contribution >= 4 is 11.9 Å². The molecule has 0 aromatic heterocycles. The van der Waals surface area contributed by atoms with Gasteiger partial charge in [0.2, 0.25) is 5.60 Å². The van der Waals surface area contributed by atoms with Crippen molar-refractivity contribution in [1.82, 2.24) is 0 Å². The summed E-state index contributed by atoms with van der Waals surface area (Å²) in [5, 5.41) is 43.5. The van der Waals surface area contributed by atoms with Gasteiger partial charge in [0.05, 0.1) is 19.2 Å². The highest BCUT2D eigenvalue weighted by Gasteiger charge is 2.55. The number of allylic oxidation sites excluding steroid dienone is 1. The molecule has 5 atom stereocenters. The van der Waals surface area contributed by atoms with Gasteiger partial charge in [-0.25, -0.2) is 9.59 Å². The normalized spacial score (nSPS) is 30.2. The van der Waals surface area contributed by atoms with Crippen molar-refractivity contribution in [3.63, 3.8) is 0 Å². The molecule has 0 radical (unpaired) electrons. The minimum Gasteiger partial charge on any atom is -0.632 e. The molecule has 0 aliphatic carbocycles. The maximum absolute atomic E-state index is 13.0. The summed E-state index contributed by atoms with van der Waals surface area (Å²) in [5.74, 6) is -1.70. The number of carbonyl (C=O) groups excluding carboxylic acids is 2. The molecule has 0 amide bonds. The van der Waals surface area contributed by atoms with Gasteiger partial charge in [-0.3, -0.25) is 0 Å². The highest BCUT2D eigenvalue weighted by molar-refractivity contribution is 5.87. The van der Waals surface area contributed by atoms with Crippen LogP contribution in [0.3, 0.4) is 0 Å². The Balaban J connectivity index is 2.13. The molecule has 0 bridgehead atoms. The second kappa shape index (κ2) is 8.16. The molecule has 2 heterocycles. The number of hydroxylamine groups is 3. The molecule has 9 nitrogen and oxygen atoms in total. The molecule has 0 spiro atoms. The van der Waals surface area contributed by atoms with Crippen molar-refractivity contribution < 1.29 is 39.0 Å². The molecule has 2 aliphatic heterocycles. The van der Waals surface area contributed by atoms with E-state index in [1.54, 1.807) is 26.0 Å². The van der Waals surface area contributed by atoms with Crippen molar-refractivity contribution in [2.75, 3.05) is 19.7 Å². The SMILES string of the molecule is C/C=C(/C)C(=O)O[C@@H]1CC[N+]2([O-])CC=C(COC(=O)C(O)([C@H](C)O)C(C)(C)O)[C@H]12. The standard InChI is InChI=1S/C20H31NO8/c1-6-12(2)17(23)29-15-8-10-21(27)9-7-14(16(15)21)11-28-18(24)20(26,13(3)22)19(4,5)25/h6-7,13,15-16,22,25-26H,8-11H2,1-5H3/b12-6-/t13-,15+,16+,20?,21?/m0/s1. The van der Waals surface area contributed by atoms with Crippen LogP contribution >= 0.6 is 0 Å². The zero-order chi connectivity index (χ0) is 22.2. The van der Waals surface area contributed by atoms with Crippen LogP contribution in [0.5, 0.6) is 0 Å². The molecule has 2 unspecified atom stereocenters. The third kappa shape index (κ3) is 4.24. The van der Waals surface area contributed by atoms with E-state index in [1.807, 2.05) is 0 Å². The van der Waals surface area contributed by atoms with Crippen molar-refractivity contribution in [3.05, 3.63) is 28.5 Å². The summed E-state index contributed by atoms with van der Waals surface area (Å²) < 4.78 is 10.1. The average Bonchev–Trinajstić information content (AvgIpc) is 3.12. The first-order valence-corrected chi connectivity index (χ1v) is 9.68. The molecular weight excluding hydrogens is 382 g/mol. The molecule has 2 rings (SSSR count). The second-order valence-electron chi connectivity index (χ2n) is 8.36. The molecule has 29 heavy (non-hydrogen) atoms. The molecular formula is C20H31NO8. The van der Waals surface area contributed by atoms with E-state index in [1.165, 1.54) is 20.8 Å². The topological polar surface area (TPSA) is 136 Å². The molecule has 0 saturated carbocycles. The van der Waals surface area contributed by atoms with Gasteiger partial charge in [0, 0.05) is 17.6 Å². The van der Waals surface area contributed by atoms with Crippen LogP contribution in [0.1, 0.15) is 41.0 Å². The van der Waals surface area contributed by atoms with Gasteiger partial charge in [-0.05, 0) is 40.7 Å². The van der Waals surface area contributed by atoms with Gasteiger partial charge in [-0.1, -0.05) is 6.08 Å². The van der Waals surface area contributed by atoms with E-state index in [2.05, 4.69) is 0 Å². The van der Waals surface area contributed by atoms with Crippen molar-refractivity contribution in [2.24, 2.45) is 0 Å². The lowest BCUT2D eigenvalue weighted by Gasteiger charge is -2.41. The number of quaternary nitrogens is 1. The van der Waals surface area contributed by atoms with Gasteiger partial charge >= 0.3 is 11.9 Å². The lowest BCUT2D eigenvalue weighted by molar-refractivity contribution is -0.877. The molecule has 0 aromatic carbocycles. The quantitative estimate of drug-likeness (QED) is 0.178. The third-order valence-corrected chi connectivity index (χ3v) is 5.93. The number of hydrogen-bond acceptors (Lipinski definition) is 8. The summed E-state index contributed by atoms with van der Waals surface area (Å²) in [5.41, 5.74) is -3.58. The third-order valence-electron chi connectivity index (χ3n) is 5.93. The van der Waals surface area contributed by atoms with E-state index in [9.17, 15) is 30.1 Å². The van der Waals surface area contributed by atoms with Gasteiger partial charge in [0.25, 0.3) is 0 Å². The summed E-state index contributed by atoms with van der Waals surface area (Å²) in [6.07, 6.45) is 1.43. The number of carbonyl (C=O) groups is 2. The summed E-state index contributed by atoms with van der Waals surface area (Å²) >= 11 is 0. The molecule has 1 fully saturated rings. The fraction of sp³-hybridized carbons (Fsp3) is 0.700. The largest absolute Gasteiger partial charge is 0.632 e. The van der Waals surface area contributed by atoms with Gasteiger partial charge in [0.1, 0.15) is 12.2 Å². The van der Waals surface area contributed by atoms with E-state index in [0.29, 0.717) is 17.6 Å². The number of aliphatic hydroxyl groups is 3. The van der Waals surface area contributed by atoms with E-state index in [-0.39, 0.29) is 19.7 Å². The number of hydrogen-bond donors (Lipinski definition) is 3. The van der Waals surface area contributed by atoms with Gasteiger partial charge in [-0.15, -0.1) is 0 Å². The summed E-state index contributed by atoms with van der Waals surface area (Å²) in [6.45, 7) is 7.00. The molecule has 0 aromatic rings. The molecule has 2 aliphatic rings. The van der Waals surface area contributed by atoms with E-state index >= 15 is 0 Å². The molecule has 3 N–H and O–H groups in total. The smallest absolute Gasteiger partial charge is 0.344 e. The Labute approximate surface area is 170 Å². The van der Waals surface area contributed by atoms with Crippen LogP contribution in [0.4, 0.5) is 0 Å². The minimum atomic E-state index is -2.54. The van der Waals surface area contributed by atoms with Crippen molar-refractivity contribution in [2.45, 2.75) is 70.5 Å². The Morgan fingerprint density at radius 1 is 1.41 bits per heavy atom. The summed E-state index contributed by atoms with van der Waals surface area (Å²) in [6, 6.07) is -0.696. The van der Waals surface area contributed by atoms with Gasteiger partial charge in [-0.2, -0.15) is 0 Å². The zero-order valence-corrected chi connectivity index (χ0v) is 17.5. The predicted octanol–water partition coefficient (Wildman–Crippen LogP) is 0.317. The average molecular weight is 413 g/mol. The number of esters is 2. The summed E-state index contributed by atoms with van der Waals surface area (Å²) in [4.78, 5) is 24.6. The Bertz CT molecular complexity index is 722. The lowest BCUT2D eigenvalue weighted by Crippen LogP contribution is -2.63. The molecule has 9 heteroatoms. The lowest BCUT2D eigenvalue weighted by atomic mass is 9.81. The number of aliphatic hydroxyl groups excluding tert-OH is 1. The Morgan fingerprint density at radius 2 is 2.03 bits per heavy atom. The van der Waals surface area contributed by atoms with Crippen LogP contribution in [0.25, 0.3) is 0 Å². The number of fused-ring (bicyclic) bond motifs is 1. The maximum Gasteiger partial charge on any atom is 0.344 e. The number of nitrogens with zero attached hydrogens (tertiary/aromatic N) is 1. The Morgan fingerprint density at radius 3 is 2.55 bits per heavy atom. The first-order chi connectivity index (χ1) is 13.3. The van der Waals surface area contributed by atoms with Gasteiger partial charge in [0.15, 0.2) is 12.1 Å². The van der Waals surface area contributed by atoms with Gasteiger partial charge < -0.3 is 34.6 Å². The Kier molecular flexibility index (Phi) is 6.61. The van der Waals surface area contributed by atoms with Crippen LogP contribution in [-0.4, -0.2) is 81.1 Å². The van der Waals surface area contributed by atoms with E-state index in [4.69, 9.17) is 9.47 Å². The highest BCUT2D eigenvalue weighted by atomic mass is 16.6.